The highest BCUT2D eigenvalue weighted by atomic mass is 19.1. The van der Waals surface area contributed by atoms with Crippen LogP contribution in [-0.4, -0.2) is 39.2 Å². The van der Waals surface area contributed by atoms with Crippen LogP contribution in [0.4, 0.5) is 10.1 Å². The topological polar surface area (TPSA) is 47.8 Å². The number of halogens is 1. The SMILES string of the molecule is C[NH+]1CCN(c2ccc(/C=C/C(=O)[O-])cc2F)CC1. The number of anilines is 1. The molecular formula is C14H17FN2O2. The number of nitrogens with one attached hydrogen (secondary N) is 1. The molecule has 0 aliphatic carbocycles. The smallest absolute Gasteiger partial charge is 0.147 e. The molecule has 19 heavy (non-hydrogen) atoms. The third-order valence-corrected chi connectivity index (χ3v) is 3.34. The highest BCUT2D eigenvalue weighted by Crippen LogP contribution is 2.21. The lowest BCUT2D eigenvalue weighted by Crippen LogP contribution is -3.12. The summed E-state index contributed by atoms with van der Waals surface area (Å²) in [7, 11) is 2.13. The van der Waals surface area contributed by atoms with Gasteiger partial charge in [-0.2, -0.15) is 0 Å². The monoisotopic (exact) mass is 264 g/mol. The highest BCUT2D eigenvalue weighted by molar-refractivity contribution is 5.83. The van der Waals surface area contributed by atoms with Crippen molar-refractivity contribution in [2.75, 3.05) is 38.1 Å². The fourth-order valence-corrected chi connectivity index (χ4v) is 2.18. The lowest BCUT2D eigenvalue weighted by molar-refractivity contribution is -0.880. The van der Waals surface area contributed by atoms with E-state index in [9.17, 15) is 14.3 Å². The molecule has 1 N–H and O–H groups in total. The first kappa shape index (κ1) is 13.5. The molecule has 1 fully saturated rings. The lowest BCUT2D eigenvalue weighted by atomic mass is 10.1. The molecule has 0 saturated carbocycles. The molecule has 2 rings (SSSR count). The van der Waals surface area contributed by atoms with E-state index in [0.29, 0.717) is 11.3 Å². The number of likely N-dealkylation sites (N-methyl/N-ethyl adjacent to an activating group) is 1. The van der Waals surface area contributed by atoms with Gasteiger partial charge in [0.15, 0.2) is 0 Å². The molecule has 1 aromatic carbocycles. The lowest BCUT2D eigenvalue weighted by Gasteiger charge is -2.32. The number of carboxylic acid groups (broad SMARTS) is 1. The molecule has 1 aliphatic heterocycles. The van der Waals surface area contributed by atoms with Gasteiger partial charge in [-0.1, -0.05) is 12.1 Å². The Morgan fingerprint density at radius 1 is 1.42 bits per heavy atom. The molecule has 0 radical (unpaired) electrons. The molecule has 1 heterocycles. The van der Waals surface area contributed by atoms with Crippen molar-refractivity contribution in [2.45, 2.75) is 0 Å². The molecule has 0 bridgehead atoms. The van der Waals surface area contributed by atoms with Crippen molar-refractivity contribution in [3.63, 3.8) is 0 Å². The zero-order valence-electron chi connectivity index (χ0n) is 10.9. The second-order valence-corrected chi connectivity index (χ2v) is 4.81. The maximum Gasteiger partial charge on any atom is 0.147 e. The Balaban J connectivity index is 2.13. The Morgan fingerprint density at radius 3 is 2.68 bits per heavy atom. The number of hydrogen-bond donors (Lipinski definition) is 1. The van der Waals surface area contributed by atoms with E-state index in [1.54, 1.807) is 12.1 Å². The number of aliphatic carboxylic acids is 1. The van der Waals surface area contributed by atoms with E-state index in [1.807, 2.05) is 4.90 Å². The molecule has 0 amide bonds. The van der Waals surface area contributed by atoms with E-state index in [4.69, 9.17) is 0 Å². The zero-order valence-corrected chi connectivity index (χ0v) is 10.9. The largest absolute Gasteiger partial charge is 0.545 e. The number of hydrogen-bond acceptors (Lipinski definition) is 3. The maximum atomic E-state index is 14.0. The molecule has 0 unspecified atom stereocenters. The van der Waals surface area contributed by atoms with Gasteiger partial charge >= 0.3 is 0 Å². The van der Waals surface area contributed by atoms with Crippen molar-refractivity contribution in [3.8, 4) is 0 Å². The van der Waals surface area contributed by atoms with Crippen molar-refractivity contribution in [1.29, 1.82) is 0 Å². The Kier molecular flexibility index (Phi) is 4.16. The number of carbonyl (C=O) groups excluding carboxylic acids is 1. The van der Waals surface area contributed by atoms with Gasteiger partial charge in [0.25, 0.3) is 0 Å². The van der Waals surface area contributed by atoms with Crippen molar-refractivity contribution in [2.24, 2.45) is 0 Å². The number of carbonyl (C=O) groups is 1. The Bertz CT molecular complexity index is 494. The maximum absolute atomic E-state index is 14.0. The van der Waals surface area contributed by atoms with Crippen molar-refractivity contribution < 1.29 is 19.2 Å². The van der Waals surface area contributed by atoms with E-state index in [-0.39, 0.29) is 5.82 Å². The van der Waals surface area contributed by atoms with Gasteiger partial charge in [-0.05, 0) is 23.8 Å². The summed E-state index contributed by atoms with van der Waals surface area (Å²) in [6.45, 7) is 3.64. The van der Waals surface area contributed by atoms with Gasteiger partial charge in [0.2, 0.25) is 0 Å². The number of benzene rings is 1. The average molecular weight is 264 g/mol. The van der Waals surface area contributed by atoms with Gasteiger partial charge in [-0.3, -0.25) is 0 Å². The molecule has 1 aliphatic rings. The summed E-state index contributed by atoms with van der Waals surface area (Å²) in [5.74, 6) is -1.61. The first-order valence-electron chi connectivity index (χ1n) is 6.31. The second-order valence-electron chi connectivity index (χ2n) is 4.81. The summed E-state index contributed by atoms with van der Waals surface area (Å²) in [4.78, 5) is 13.8. The minimum absolute atomic E-state index is 0.319. The van der Waals surface area contributed by atoms with Crippen LogP contribution >= 0.6 is 0 Å². The van der Waals surface area contributed by atoms with Gasteiger partial charge < -0.3 is 19.7 Å². The summed E-state index contributed by atoms with van der Waals surface area (Å²) >= 11 is 0. The van der Waals surface area contributed by atoms with E-state index in [0.717, 1.165) is 32.3 Å². The van der Waals surface area contributed by atoms with Gasteiger partial charge in [-0.15, -0.1) is 0 Å². The molecular weight excluding hydrogens is 247 g/mol. The minimum Gasteiger partial charge on any atom is -0.545 e. The average Bonchev–Trinajstić information content (AvgIpc) is 2.38. The van der Waals surface area contributed by atoms with Gasteiger partial charge in [0.1, 0.15) is 5.82 Å². The number of quaternary nitrogens is 1. The molecule has 0 spiro atoms. The molecule has 1 aromatic rings. The highest BCUT2D eigenvalue weighted by Gasteiger charge is 2.19. The van der Waals surface area contributed by atoms with E-state index >= 15 is 0 Å². The van der Waals surface area contributed by atoms with Crippen LogP contribution in [0.3, 0.4) is 0 Å². The summed E-state index contributed by atoms with van der Waals surface area (Å²) < 4.78 is 14.0. The standard InChI is InChI=1S/C14H17FN2O2/c1-16-6-8-17(9-7-16)13-4-2-11(10-12(13)15)3-5-14(18)19/h2-5,10H,6-9H2,1H3,(H,18,19)/b5-3+. The van der Waals surface area contributed by atoms with Gasteiger partial charge in [0.05, 0.1) is 44.9 Å². The predicted molar refractivity (Wildman–Crippen MR) is 69.3 cm³/mol. The number of rotatable bonds is 3. The van der Waals surface area contributed by atoms with Crippen LogP contribution in [0.2, 0.25) is 0 Å². The van der Waals surface area contributed by atoms with Crippen molar-refractivity contribution in [3.05, 3.63) is 35.7 Å². The fraction of sp³-hybridized carbons (Fsp3) is 0.357. The Labute approximate surface area is 111 Å². The second kappa shape index (κ2) is 5.84. The van der Waals surface area contributed by atoms with Crippen LogP contribution in [0.1, 0.15) is 5.56 Å². The number of piperazine rings is 1. The van der Waals surface area contributed by atoms with E-state index in [2.05, 4.69) is 7.05 Å². The van der Waals surface area contributed by atoms with Crippen molar-refractivity contribution in [1.82, 2.24) is 0 Å². The van der Waals surface area contributed by atoms with Crippen LogP contribution in [0.25, 0.3) is 6.08 Å². The molecule has 0 atom stereocenters. The Morgan fingerprint density at radius 2 is 2.11 bits per heavy atom. The van der Waals surface area contributed by atoms with E-state index in [1.165, 1.54) is 17.0 Å². The van der Waals surface area contributed by atoms with Crippen LogP contribution in [-0.2, 0) is 4.79 Å². The van der Waals surface area contributed by atoms with Gasteiger partial charge in [-0.25, -0.2) is 4.39 Å². The molecule has 0 aromatic heterocycles. The van der Waals surface area contributed by atoms with Gasteiger partial charge in [0, 0.05) is 0 Å². The van der Waals surface area contributed by atoms with Crippen LogP contribution in [0.15, 0.2) is 24.3 Å². The third kappa shape index (κ3) is 3.54. The van der Waals surface area contributed by atoms with Crippen LogP contribution in [0, 0.1) is 5.82 Å². The number of carboxylic acids is 1. The molecule has 102 valence electrons. The summed E-state index contributed by atoms with van der Waals surface area (Å²) in [5.41, 5.74) is 1.10. The molecule has 1 saturated heterocycles. The normalized spacial score (nSPS) is 17.1. The van der Waals surface area contributed by atoms with Crippen LogP contribution in [0.5, 0.6) is 0 Å². The first-order chi connectivity index (χ1) is 9.06. The molecule has 5 heteroatoms. The Hall–Kier alpha value is -1.88. The minimum atomic E-state index is -1.29. The summed E-state index contributed by atoms with van der Waals surface area (Å²) in [6, 6.07) is 4.76. The first-order valence-corrected chi connectivity index (χ1v) is 6.31. The van der Waals surface area contributed by atoms with E-state index < -0.39 is 5.97 Å². The van der Waals surface area contributed by atoms with Crippen molar-refractivity contribution >= 4 is 17.7 Å². The van der Waals surface area contributed by atoms with Crippen LogP contribution < -0.4 is 14.9 Å². The fourth-order valence-electron chi connectivity index (χ4n) is 2.18. The third-order valence-electron chi connectivity index (χ3n) is 3.34. The summed E-state index contributed by atoms with van der Waals surface area (Å²) in [6.07, 6.45) is 2.23. The quantitative estimate of drug-likeness (QED) is 0.707. The number of nitrogens with zero attached hydrogens (tertiary/aromatic N) is 1. The zero-order chi connectivity index (χ0) is 13.8. The summed E-state index contributed by atoms with van der Waals surface area (Å²) in [5, 5.41) is 10.3. The molecule has 4 nitrogen and oxygen atoms in total. The predicted octanol–water partition coefficient (Wildman–Crippen LogP) is -1.08.